The van der Waals surface area contributed by atoms with Gasteiger partial charge in [0, 0.05) is 44.1 Å². The van der Waals surface area contributed by atoms with E-state index < -0.39 is 27.4 Å². The molecule has 2 saturated heterocycles. The number of fused-ring (bicyclic) bond motifs is 2. The lowest BCUT2D eigenvalue weighted by Gasteiger charge is -2.38. The van der Waals surface area contributed by atoms with Crippen LogP contribution in [-0.4, -0.2) is 92.4 Å². The summed E-state index contributed by atoms with van der Waals surface area (Å²) >= 11 is 1.61. The number of hydrogen-bond donors (Lipinski definition) is 1. The van der Waals surface area contributed by atoms with Crippen LogP contribution in [0.1, 0.15) is 40.0 Å². The fourth-order valence-corrected chi connectivity index (χ4v) is 8.27. The first kappa shape index (κ1) is 23.4. The summed E-state index contributed by atoms with van der Waals surface area (Å²) in [6.45, 7) is 7.51. The topological polar surface area (TPSA) is 81.2 Å². The fourth-order valence-electron chi connectivity index (χ4n) is 6.11. The number of rotatable bonds is 6. The molecule has 0 bridgehead atoms. The van der Waals surface area contributed by atoms with Crippen LogP contribution in [0.2, 0.25) is 0 Å². The van der Waals surface area contributed by atoms with Gasteiger partial charge in [-0.15, -0.1) is 11.8 Å². The first-order valence-corrected chi connectivity index (χ1v) is 12.6. The van der Waals surface area contributed by atoms with E-state index in [1.54, 1.807) is 28.6 Å². The van der Waals surface area contributed by atoms with Crippen molar-refractivity contribution in [1.29, 1.82) is 0 Å². The largest absolute Gasteiger partial charge is 0.396 e. The molecule has 2 fully saturated rings. The van der Waals surface area contributed by atoms with Crippen molar-refractivity contribution in [1.82, 2.24) is 14.7 Å². The number of nitrogens with zero attached hydrogens (tertiary/aromatic N) is 3. The van der Waals surface area contributed by atoms with Crippen LogP contribution in [0, 0.1) is 11.8 Å². The van der Waals surface area contributed by atoms with Gasteiger partial charge in [0.25, 0.3) is 0 Å². The molecule has 4 aliphatic heterocycles. The molecule has 7 nitrogen and oxygen atoms in total. The molecule has 2 unspecified atom stereocenters. The SMILES string of the molecule is CCCC(C)N1CC=C[C@]23S[C@@]4(C)C=CCN(C)C(=O)[C@H]4[C@H]2C(=O)N(CCCO)C3C1=O. The van der Waals surface area contributed by atoms with Crippen LogP contribution in [0.4, 0.5) is 0 Å². The van der Waals surface area contributed by atoms with Gasteiger partial charge in [-0.2, -0.15) is 0 Å². The van der Waals surface area contributed by atoms with Crippen LogP contribution in [-0.2, 0) is 14.4 Å². The van der Waals surface area contributed by atoms with E-state index in [0.717, 1.165) is 12.8 Å². The maximum Gasteiger partial charge on any atom is 0.247 e. The Kier molecular flexibility index (Phi) is 6.22. The molecular weight excluding hydrogens is 426 g/mol. The molecule has 0 aromatic carbocycles. The Balaban J connectivity index is 1.84. The molecule has 4 rings (SSSR count). The lowest BCUT2D eigenvalue weighted by atomic mass is 9.74. The van der Waals surface area contributed by atoms with Crippen molar-refractivity contribution >= 4 is 29.5 Å². The molecular formula is C24H35N3O4S. The molecule has 1 spiro atoms. The zero-order valence-electron chi connectivity index (χ0n) is 19.5. The number of amides is 3. The Morgan fingerprint density at radius 2 is 1.84 bits per heavy atom. The lowest BCUT2D eigenvalue weighted by Crippen LogP contribution is -2.55. The minimum Gasteiger partial charge on any atom is -0.396 e. The molecule has 1 N–H and O–H groups in total. The van der Waals surface area contributed by atoms with E-state index in [0.29, 0.717) is 26.1 Å². The Morgan fingerprint density at radius 3 is 2.53 bits per heavy atom. The Labute approximate surface area is 194 Å². The van der Waals surface area contributed by atoms with Gasteiger partial charge in [0.1, 0.15) is 6.04 Å². The number of thioether (sulfide) groups is 1. The Hall–Kier alpha value is -1.80. The van der Waals surface area contributed by atoms with E-state index in [2.05, 4.69) is 26.0 Å². The van der Waals surface area contributed by atoms with Crippen LogP contribution in [0.15, 0.2) is 24.3 Å². The second-order valence-corrected chi connectivity index (χ2v) is 11.5. The maximum absolute atomic E-state index is 14.0. The summed E-state index contributed by atoms with van der Waals surface area (Å²) in [7, 11) is 1.77. The number of carbonyl (C=O) groups is 3. The molecule has 176 valence electrons. The highest BCUT2D eigenvalue weighted by Crippen LogP contribution is 2.65. The van der Waals surface area contributed by atoms with Crippen molar-refractivity contribution < 1.29 is 19.5 Å². The number of likely N-dealkylation sites (tertiary alicyclic amines) is 1. The molecule has 6 atom stereocenters. The predicted molar refractivity (Wildman–Crippen MR) is 125 cm³/mol. The predicted octanol–water partition coefficient (Wildman–Crippen LogP) is 1.67. The van der Waals surface area contributed by atoms with E-state index in [1.165, 1.54) is 0 Å². The quantitative estimate of drug-likeness (QED) is 0.609. The average Bonchev–Trinajstić information content (AvgIpc) is 3.01. The highest BCUT2D eigenvalue weighted by Gasteiger charge is 2.73. The second kappa shape index (κ2) is 8.52. The summed E-state index contributed by atoms with van der Waals surface area (Å²) in [5, 5.41) is 9.46. The van der Waals surface area contributed by atoms with Crippen molar-refractivity contribution in [3.8, 4) is 0 Å². The van der Waals surface area contributed by atoms with E-state index in [9.17, 15) is 19.5 Å². The van der Waals surface area contributed by atoms with Gasteiger partial charge in [0.15, 0.2) is 0 Å². The van der Waals surface area contributed by atoms with Crippen LogP contribution in [0.3, 0.4) is 0 Å². The normalized spacial score (nSPS) is 37.3. The molecule has 0 saturated carbocycles. The van der Waals surface area contributed by atoms with Gasteiger partial charge in [0.05, 0.1) is 16.6 Å². The van der Waals surface area contributed by atoms with E-state index in [1.807, 2.05) is 24.0 Å². The Morgan fingerprint density at radius 1 is 1.12 bits per heavy atom. The maximum atomic E-state index is 14.0. The molecule has 3 amide bonds. The minimum atomic E-state index is -0.790. The molecule has 0 aliphatic carbocycles. The lowest BCUT2D eigenvalue weighted by molar-refractivity contribution is -0.145. The van der Waals surface area contributed by atoms with Crippen molar-refractivity contribution in [2.24, 2.45) is 11.8 Å². The molecule has 4 heterocycles. The fraction of sp³-hybridized carbons (Fsp3) is 0.708. The van der Waals surface area contributed by atoms with Gasteiger partial charge in [0.2, 0.25) is 17.7 Å². The summed E-state index contributed by atoms with van der Waals surface area (Å²) < 4.78 is -1.35. The third-order valence-corrected chi connectivity index (χ3v) is 9.38. The van der Waals surface area contributed by atoms with Gasteiger partial charge in [-0.05, 0) is 26.7 Å². The summed E-state index contributed by atoms with van der Waals surface area (Å²) in [5.74, 6) is -1.33. The van der Waals surface area contributed by atoms with Crippen LogP contribution >= 0.6 is 11.8 Å². The monoisotopic (exact) mass is 461 g/mol. The van der Waals surface area contributed by atoms with Crippen molar-refractivity contribution in [2.75, 3.05) is 33.3 Å². The number of hydrogen-bond acceptors (Lipinski definition) is 5. The van der Waals surface area contributed by atoms with Gasteiger partial charge in [-0.3, -0.25) is 14.4 Å². The summed E-state index contributed by atoms with van der Waals surface area (Å²) in [6.07, 6.45) is 10.4. The number of aliphatic hydroxyl groups excluding tert-OH is 1. The number of likely N-dealkylation sites (N-methyl/N-ethyl adjacent to an activating group) is 1. The first-order valence-electron chi connectivity index (χ1n) is 11.7. The third kappa shape index (κ3) is 3.33. The van der Waals surface area contributed by atoms with Gasteiger partial charge in [-0.25, -0.2) is 0 Å². The second-order valence-electron chi connectivity index (χ2n) is 9.76. The molecule has 0 aromatic heterocycles. The summed E-state index contributed by atoms with van der Waals surface area (Å²) in [4.78, 5) is 46.7. The standard InChI is InChI=1S/C24H35N3O4S/c1-5-9-16(2)26-13-7-11-24-18(21(30)27(14-8-15-28)19(24)22(26)31)17-20(29)25(4)12-6-10-23(17,3)32-24/h6-7,10-11,16-19,28H,5,8-9,12-15H2,1-4H3/t16?,17-,18+,19?,23+,24+/m1/s1. The number of carbonyl (C=O) groups excluding carboxylic acids is 3. The molecule has 8 heteroatoms. The van der Waals surface area contributed by atoms with Crippen molar-refractivity contribution in [2.45, 2.75) is 61.6 Å². The zero-order chi connectivity index (χ0) is 23.3. The van der Waals surface area contributed by atoms with Crippen LogP contribution < -0.4 is 0 Å². The van der Waals surface area contributed by atoms with Gasteiger partial charge in [-0.1, -0.05) is 37.6 Å². The average molecular weight is 462 g/mol. The van der Waals surface area contributed by atoms with Crippen molar-refractivity contribution in [3.63, 3.8) is 0 Å². The van der Waals surface area contributed by atoms with Gasteiger partial charge >= 0.3 is 0 Å². The van der Waals surface area contributed by atoms with Gasteiger partial charge < -0.3 is 19.8 Å². The number of aliphatic hydroxyl groups is 1. The summed E-state index contributed by atoms with van der Waals surface area (Å²) in [6, 6.07) is -0.592. The third-order valence-electron chi connectivity index (χ3n) is 7.59. The molecule has 0 aromatic rings. The van der Waals surface area contributed by atoms with Crippen molar-refractivity contribution in [3.05, 3.63) is 24.3 Å². The highest BCUT2D eigenvalue weighted by molar-refractivity contribution is 8.02. The first-order chi connectivity index (χ1) is 15.2. The smallest absolute Gasteiger partial charge is 0.247 e. The zero-order valence-corrected chi connectivity index (χ0v) is 20.3. The minimum absolute atomic E-state index is 0.0377. The van der Waals surface area contributed by atoms with E-state index in [-0.39, 0.29) is 30.4 Å². The molecule has 0 radical (unpaired) electrons. The van der Waals surface area contributed by atoms with Crippen LogP contribution in [0.25, 0.3) is 0 Å². The van der Waals surface area contributed by atoms with E-state index >= 15 is 0 Å². The highest BCUT2D eigenvalue weighted by atomic mass is 32.2. The van der Waals surface area contributed by atoms with E-state index in [4.69, 9.17) is 0 Å². The molecule has 4 aliphatic rings. The molecule has 32 heavy (non-hydrogen) atoms. The van der Waals surface area contributed by atoms with Crippen LogP contribution in [0.5, 0.6) is 0 Å². The summed E-state index contributed by atoms with van der Waals surface area (Å²) in [5.41, 5.74) is 0. The Bertz CT molecular complexity index is 860.